The summed E-state index contributed by atoms with van der Waals surface area (Å²) in [6, 6.07) is 2.37. The molecule has 1 aromatic rings. The maximum absolute atomic E-state index is 12.3. The minimum absolute atomic E-state index is 0.0194. The highest BCUT2D eigenvalue weighted by Gasteiger charge is 2.30. The molecule has 1 aromatic heterocycles. The van der Waals surface area contributed by atoms with Gasteiger partial charge in [-0.15, -0.1) is 11.6 Å². The number of rotatable bonds is 3. The Hall–Kier alpha value is -0.970. The molecular formula is C10H12ClF3N2. The second-order valence-electron chi connectivity index (χ2n) is 3.52. The summed E-state index contributed by atoms with van der Waals surface area (Å²) in [7, 11) is 1.74. The molecule has 16 heavy (non-hydrogen) atoms. The van der Waals surface area contributed by atoms with Crippen molar-refractivity contribution in [2.24, 2.45) is 0 Å². The van der Waals surface area contributed by atoms with Crippen LogP contribution in [0.2, 0.25) is 0 Å². The topological polar surface area (TPSA) is 16.1 Å². The van der Waals surface area contributed by atoms with Gasteiger partial charge in [0, 0.05) is 25.2 Å². The fourth-order valence-electron chi connectivity index (χ4n) is 1.09. The van der Waals surface area contributed by atoms with Crippen LogP contribution in [0.3, 0.4) is 0 Å². The number of halogens is 4. The lowest BCUT2D eigenvalue weighted by molar-refractivity contribution is -0.137. The number of anilines is 1. The zero-order valence-corrected chi connectivity index (χ0v) is 9.68. The summed E-state index contributed by atoms with van der Waals surface area (Å²) in [5, 5.41) is 0. The monoisotopic (exact) mass is 252 g/mol. The second kappa shape index (κ2) is 4.91. The van der Waals surface area contributed by atoms with E-state index in [0.717, 1.165) is 12.3 Å². The third-order valence-corrected chi connectivity index (χ3v) is 2.77. The summed E-state index contributed by atoms with van der Waals surface area (Å²) in [5.41, 5.74) is -0.747. The van der Waals surface area contributed by atoms with Gasteiger partial charge in [-0.1, -0.05) is 0 Å². The van der Waals surface area contributed by atoms with Crippen molar-refractivity contribution in [3.05, 3.63) is 23.9 Å². The Balaban J connectivity index is 2.87. The third-order valence-electron chi connectivity index (χ3n) is 2.32. The average Bonchev–Trinajstić information content (AvgIpc) is 2.26. The Morgan fingerprint density at radius 1 is 1.44 bits per heavy atom. The highest BCUT2D eigenvalue weighted by Crippen LogP contribution is 2.29. The van der Waals surface area contributed by atoms with Crippen LogP contribution in [0.25, 0.3) is 0 Å². The maximum Gasteiger partial charge on any atom is 0.417 e. The molecule has 0 aliphatic carbocycles. The number of pyridine rings is 1. The molecule has 0 aliphatic rings. The molecular weight excluding hydrogens is 241 g/mol. The molecule has 1 heterocycles. The molecule has 90 valence electrons. The predicted molar refractivity (Wildman–Crippen MR) is 57.8 cm³/mol. The Morgan fingerprint density at radius 2 is 2.06 bits per heavy atom. The van der Waals surface area contributed by atoms with Crippen molar-refractivity contribution in [2.45, 2.75) is 19.1 Å². The quantitative estimate of drug-likeness (QED) is 0.768. The first-order chi connectivity index (χ1) is 7.36. The fourth-order valence-corrected chi connectivity index (χ4v) is 1.30. The van der Waals surface area contributed by atoms with Gasteiger partial charge in [0.15, 0.2) is 0 Å². The number of aromatic nitrogens is 1. The number of hydrogen-bond acceptors (Lipinski definition) is 2. The molecule has 0 spiro atoms. The molecule has 0 aliphatic heterocycles. The molecule has 0 bridgehead atoms. The van der Waals surface area contributed by atoms with E-state index >= 15 is 0 Å². The van der Waals surface area contributed by atoms with E-state index < -0.39 is 11.7 Å². The van der Waals surface area contributed by atoms with E-state index in [1.807, 2.05) is 6.92 Å². The van der Waals surface area contributed by atoms with Gasteiger partial charge in [0.1, 0.15) is 5.82 Å². The van der Waals surface area contributed by atoms with Crippen LogP contribution in [0.1, 0.15) is 12.5 Å². The van der Waals surface area contributed by atoms with Crippen LogP contribution in [-0.2, 0) is 6.18 Å². The SMILES string of the molecule is CC(CCl)N(C)c1ccc(C(F)(F)F)cn1. The Morgan fingerprint density at radius 3 is 2.44 bits per heavy atom. The molecule has 0 fully saturated rings. The van der Waals surface area contributed by atoms with Gasteiger partial charge < -0.3 is 4.90 Å². The molecule has 0 aromatic carbocycles. The first-order valence-corrected chi connectivity index (χ1v) is 5.21. The molecule has 0 saturated heterocycles. The summed E-state index contributed by atoms with van der Waals surface area (Å²) in [5.74, 6) is 0.861. The number of alkyl halides is 4. The van der Waals surface area contributed by atoms with Crippen molar-refractivity contribution < 1.29 is 13.2 Å². The Kier molecular flexibility index (Phi) is 4.02. The lowest BCUT2D eigenvalue weighted by atomic mass is 10.2. The summed E-state index contributed by atoms with van der Waals surface area (Å²) in [6.45, 7) is 1.87. The van der Waals surface area contributed by atoms with Gasteiger partial charge in [0.05, 0.1) is 5.56 Å². The van der Waals surface area contributed by atoms with Crippen molar-refractivity contribution >= 4 is 17.4 Å². The highest BCUT2D eigenvalue weighted by atomic mass is 35.5. The van der Waals surface area contributed by atoms with E-state index in [1.165, 1.54) is 6.07 Å². The van der Waals surface area contributed by atoms with Gasteiger partial charge in [0.2, 0.25) is 0 Å². The second-order valence-corrected chi connectivity index (χ2v) is 3.83. The predicted octanol–water partition coefficient (Wildman–Crippen LogP) is 3.16. The lowest BCUT2D eigenvalue weighted by Gasteiger charge is -2.24. The molecule has 0 amide bonds. The lowest BCUT2D eigenvalue weighted by Crippen LogP contribution is -2.30. The van der Waals surface area contributed by atoms with Crippen molar-refractivity contribution in [3.63, 3.8) is 0 Å². The van der Waals surface area contributed by atoms with Crippen LogP contribution < -0.4 is 4.90 Å². The summed E-state index contributed by atoms with van der Waals surface area (Å²) in [4.78, 5) is 5.49. The van der Waals surface area contributed by atoms with Crippen LogP contribution in [0.5, 0.6) is 0 Å². The van der Waals surface area contributed by atoms with Gasteiger partial charge >= 0.3 is 6.18 Å². The Bertz CT molecular complexity index is 337. The van der Waals surface area contributed by atoms with Gasteiger partial charge in [-0.2, -0.15) is 13.2 Å². The van der Waals surface area contributed by atoms with Gasteiger partial charge in [-0.25, -0.2) is 4.98 Å². The normalized spacial score (nSPS) is 13.6. The summed E-state index contributed by atoms with van der Waals surface area (Å²) in [6.07, 6.45) is -3.52. The smallest absolute Gasteiger partial charge is 0.356 e. The average molecular weight is 253 g/mol. The zero-order chi connectivity index (χ0) is 12.3. The largest absolute Gasteiger partial charge is 0.417 e. The fraction of sp³-hybridized carbons (Fsp3) is 0.500. The van der Waals surface area contributed by atoms with E-state index in [4.69, 9.17) is 11.6 Å². The van der Waals surface area contributed by atoms with Gasteiger partial charge in [-0.05, 0) is 19.1 Å². The van der Waals surface area contributed by atoms with Crippen LogP contribution in [0.4, 0.5) is 19.0 Å². The van der Waals surface area contributed by atoms with Crippen molar-refractivity contribution in [1.29, 1.82) is 0 Å². The highest BCUT2D eigenvalue weighted by molar-refractivity contribution is 6.18. The third kappa shape index (κ3) is 3.01. The summed E-state index contributed by atoms with van der Waals surface area (Å²) >= 11 is 5.65. The van der Waals surface area contributed by atoms with E-state index in [1.54, 1.807) is 11.9 Å². The molecule has 0 N–H and O–H groups in total. The standard InChI is InChI=1S/C10H12ClF3N2/c1-7(5-11)16(2)9-4-3-8(6-15-9)10(12,13)14/h3-4,6-7H,5H2,1-2H3. The summed E-state index contributed by atoms with van der Waals surface area (Å²) < 4.78 is 36.8. The van der Waals surface area contributed by atoms with Gasteiger partial charge in [-0.3, -0.25) is 0 Å². The van der Waals surface area contributed by atoms with E-state index in [0.29, 0.717) is 11.7 Å². The van der Waals surface area contributed by atoms with E-state index in [9.17, 15) is 13.2 Å². The molecule has 6 heteroatoms. The minimum Gasteiger partial charge on any atom is -0.356 e. The van der Waals surface area contributed by atoms with Crippen LogP contribution in [0, 0.1) is 0 Å². The van der Waals surface area contributed by atoms with Crippen LogP contribution in [0.15, 0.2) is 18.3 Å². The van der Waals surface area contributed by atoms with Crippen molar-refractivity contribution in [1.82, 2.24) is 4.98 Å². The molecule has 0 saturated carbocycles. The first-order valence-electron chi connectivity index (χ1n) is 4.68. The Labute approximate surface area is 97.0 Å². The van der Waals surface area contributed by atoms with Crippen LogP contribution in [-0.4, -0.2) is 24.0 Å². The number of hydrogen-bond donors (Lipinski definition) is 0. The van der Waals surface area contributed by atoms with Crippen molar-refractivity contribution in [2.75, 3.05) is 17.8 Å². The first kappa shape index (κ1) is 13.1. The molecule has 1 unspecified atom stereocenters. The van der Waals surface area contributed by atoms with Crippen molar-refractivity contribution in [3.8, 4) is 0 Å². The minimum atomic E-state index is -4.35. The molecule has 1 rings (SSSR count). The van der Waals surface area contributed by atoms with Crippen LogP contribution >= 0.6 is 11.6 Å². The molecule has 0 radical (unpaired) electrons. The maximum atomic E-state index is 12.3. The molecule has 2 nitrogen and oxygen atoms in total. The van der Waals surface area contributed by atoms with E-state index in [-0.39, 0.29) is 6.04 Å². The zero-order valence-electron chi connectivity index (χ0n) is 8.92. The van der Waals surface area contributed by atoms with E-state index in [2.05, 4.69) is 4.98 Å². The van der Waals surface area contributed by atoms with Gasteiger partial charge in [0.25, 0.3) is 0 Å². The number of nitrogens with zero attached hydrogens (tertiary/aromatic N) is 2. The molecule has 1 atom stereocenters.